The Kier molecular flexibility index (Phi) is 5.51. The molecule has 3 rings (SSSR count). The zero-order valence-corrected chi connectivity index (χ0v) is 14.5. The van der Waals surface area contributed by atoms with Crippen molar-refractivity contribution in [3.8, 4) is 5.75 Å². The van der Waals surface area contributed by atoms with Crippen LogP contribution in [-0.2, 0) is 4.79 Å². The zero-order chi connectivity index (χ0) is 18.5. The van der Waals surface area contributed by atoms with Gasteiger partial charge in [-0.2, -0.15) is 0 Å². The molecule has 1 amide bonds. The third-order valence-corrected chi connectivity index (χ3v) is 4.38. The lowest BCUT2D eigenvalue weighted by molar-refractivity contribution is -0.126. The van der Waals surface area contributed by atoms with Crippen LogP contribution >= 0.6 is 0 Å². The maximum Gasteiger partial charge on any atom is 0.246 e. The molecule has 0 aliphatic carbocycles. The highest BCUT2D eigenvalue weighted by molar-refractivity contribution is 5.92. The Morgan fingerprint density at radius 2 is 1.73 bits per heavy atom. The molecule has 0 N–H and O–H groups in total. The number of hydrogen-bond donors (Lipinski definition) is 0. The maximum atomic E-state index is 13.7. The van der Waals surface area contributed by atoms with Gasteiger partial charge in [0.15, 0.2) is 11.6 Å². The Hall–Kier alpha value is -2.89. The van der Waals surface area contributed by atoms with Crippen LogP contribution in [0.15, 0.2) is 48.5 Å². The standard InChI is InChI=1S/C20H20F2N2O2/c1-26-19-8-2-15(14-18(19)22)3-9-20(25)24-12-10-23(11-13-24)17-6-4-16(21)5-7-17/h2-9,14H,10-13H2,1H3/b9-3+. The fourth-order valence-electron chi connectivity index (χ4n) is 2.90. The number of methoxy groups -OCH3 is 1. The fourth-order valence-corrected chi connectivity index (χ4v) is 2.90. The van der Waals surface area contributed by atoms with Crippen molar-refractivity contribution in [3.63, 3.8) is 0 Å². The lowest BCUT2D eigenvalue weighted by atomic mass is 10.2. The lowest BCUT2D eigenvalue weighted by Crippen LogP contribution is -2.48. The van der Waals surface area contributed by atoms with E-state index in [-0.39, 0.29) is 17.5 Å². The molecule has 4 nitrogen and oxygen atoms in total. The minimum atomic E-state index is -0.463. The molecular weight excluding hydrogens is 338 g/mol. The van der Waals surface area contributed by atoms with E-state index in [9.17, 15) is 13.6 Å². The number of halogens is 2. The normalized spacial score (nSPS) is 14.7. The Morgan fingerprint density at radius 3 is 2.35 bits per heavy atom. The first kappa shape index (κ1) is 17.9. The van der Waals surface area contributed by atoms with Gasteiger partial charge in [0, 0.05) is 37.9 Å². The van der Waals surface area contributed by atoms with Gasteiger partial charge in [0.05, 0.1) is 7.11 Å². The quantitative estimate of drug-likeness (QED) is 0.786. The van der Waals surface area contributed by atoms with E-state index in [2.05, 4.69) is 4.90 Å². The van der Waals surface area contributed by atoms with E-state index in [1.54, 1.807) is 29.2 Å². The molecule has 1 aliphatic rings. The van der Waals surface area contributed by atoms with Crippen molar-refractivity contribution in [1.29, 1.82) is 0 Å². The van der Waals surface area contributed by atoms with Crippen LogP contribution in [0.1, 0.15) is 5.56 Å². The molecule has 2 aromatic carbocycles. The van der Waals surface area contributed by atoms with Crippen LogP contribution in [0, 0.1) is 11.6 Å². The number of anilines is 1. The van der Waals surface area contributed by atoms with Crippen molar-refractivity contribution in [2.24, 2.45) is 0 Å². The largest absolute Gasteiger partial charge is 0.494 e. The average molecular weight is 358 g/mol. The highest BCUT2D eigenvalue weighted by atomic mass is 19.1. The van der Waals surface area contributed by atoms with Gasteiger partial charge in [-0.3, -0.25) is 4.79 Å². The van der Waals surface area contributed by atoms with Crippen molar-refractivity contribution in [1.82, 2.24) is 4.90 Å². The highest BCUT2D eigenvalue weighted by Crippen LogP contribution is 2.19. The maximum absolute atomic E-state index is 13.7. The van der Waals surface area contributed by atoms with E-state index in [0.29, 0.717) is 31.7 Å². The van der Waals surface area contributed by atoms with Crippen LogP contribution in [0.4, 0.5) is 14.5 Å². The summed E-state index contributed by atoms with van der Waals surface area (Å²) in [5.41, 5.74) is 1.55. The Bertz CT molecular complexity index is 798. The van der Waals surface area contributed by atoms with Gasteiger partial charge >= 0.3 is 0 Å². The van der Waals surface area contributed by atoms with E-state index in [4.69, 9.17) is 4.74 Å². The summed E-state index contributed by atoms with van der Waals surface area (Å²) < 4.78 is 31.6. The van der Waals surface area contributed by atoms with Gasteiger partial charge in [-0.15, -0.1) is 0 Å². The van der Waals surface area contributed by atoms with Gasteiger partial charge < -0.3 is 14.5 Å². The Balaban J connectivity index is 1.56. The summed E-state index contributed by atoms with van der Waals surface area (Å²) >= 11 is 0. The first-order valence-electron chi connectivity index (χ1n) is 8.38. The number of hydrogen-bond acceptors (Lipinski definition) is 3. The second kappa shape index (κ2) is 7.99. The Labute approximate surface area is 151 Å². The minimum Gasteiger partial charge on any atom is -0.494 e. The van der Waals surface area contributed by atoms with Gasteiger partial charge in [0.2, 0.25) is 5.91 Å². The molecule has 6 heteroatoms. The van der Waals surface area contributed by atoms with Crippen LogP contribution < -0.4 is 9.64 Å². The molecule has 1 heterocycles. The molecule has 0 atom stereocenters. The van der Waals surface area contributed by atoms with Crippen LogP contribution in [0.5, 0.6) is 5.75 Å². The van der Waals surface area contributed by atoms with Gasteiger partial charge in [-0.05, 0) is 48.0 Å². The second-order valence-corrected chi connectivity index (χ2v) is 6.02. The van der Waals surface area contributed by atoms with Crippen molar-refractivity contribution < 1.29 is 18.3 Å². The first-order valence-corrected chi connectivity index (χ1v) is 8.38. The number of carbonyl (C=O) groups excluding carboxylic acids is 1. The number of rotatable bonds is 4. The SMILES string of the molecule is COc1ccc(/C=C/C(=O)N2CCN(c3ccc(F)cc3)CC2)cc1F. The van der Waals surface area contributed by atoms with Gasteiger partial charge in [0.1, 0.15) is 5.82 Å². The molecule has 26 heavy (non-hydrogen) atoms. The Morgan fingerprint density at radius 1 is 1.04 bits per heavy atom. The fraction of sp³-hybridized carbons (Fsp3) is 0.250. The third kappa shape index (κ3) is 4.20. The summed E-state index contributed by atoms with van der Waals surface area (Å²) in [5, 5.41) is 0. The van der Waals surface area contributed by atoms with Crippen molar-refractivity contribution >= 4 is 17.7 Å². The monoisotopic (exact) mass is 358 g/mol. The number of carbonyl (C=O) groups is 1. The topological polar surface area (TPSA) is 32.8 Å². The predicted molar refractivity (Wildman–Crippen MR) is 97.2 cm³/mol. The van der Waals surface area contributed by atoms with Crippen LogP contribution in [0.3, 0.4) is 0 Å². The van der Waals surface area contributed by atoms with Crippen LogP contribution in [0.25, 0.3) is 6.08 Å². The molecule has 0 radical (unpaired) electrons. The molecule has 1 fully saturated rings. The van der Waals surface area contributed by atoms with E-state index in [0.717, 1.165) is 5.69 Å². The molecular formula is C20H20F2N2O2. The van der Waals surface area contributed by atoms with Gasteiger partial charge in [-0.1, -0.05) is 6.07 Å². The second-order valence-electron chi connectivity index (χ2n) is 6.02. The highest BCUT2D eigenvalue weighted by Gasteiger charge is 2.19. The number of ether oxygens (including phenoxy) is 1. The summed E-state index contributed by atoms with van der Waals surface area (Å²) in [6.07, 6.45) is 3.05. The minimum absolute atomic E-state index is 0.111. The number of piperazine rings is 1. The molecule has 1 aliphatic heterocycles. The number of benzene rings is 2. The molecule has 0 bridgehead atoms. The molecule has 0 saturated carbocycles. The van der Waals surface area contributed by atoms with Crippen molar-refractivity contribution in [3.05, 3.63) is 65.7 Å². The molecule has 136 valence electrons. The average Bonchev–Trinajstić information content (AvgIpc) is 2.67. The summed E-state index contributed by atoms with van der Waals surface area (Å²) in [5.74, 6) is -0.664. The molecule has 2 aromatic rings. The lowest BCUT2D eigenvalue weighted by Gasteiger charge is -2.35. The smallest absolute Gasteiger partial charge is 0.246 e. The first-order chi connectivity index (χ1) is 12.6. The third-order valence-electron chi connectivity index (χ3n) is 4.38. The van der Waals surface area contributed by atoms with Gasteiger partial charge in [0.25, 0.3) is 0 Å². The van der Waals surface area contributed by atoms with E-state index in [1.807, 2.05) is 0 Å². The van der Waals surface area contributed by atoms with Crippen molar-refractivity contribution in [2.45, 2.75) is 0 Å². The zero-order valence-electron chi connectivity index (χ0n) is 14.5. The summed E-state index contributed by atoms with van der Waals surface area (Å²) in [6, 6.07) is 10.9. The van der Waals surface area contributed by atoms with Crippen LogP contribution in [-0.4, -0.2) is 44.1 Å². The predicted octanol–water partition coefficient (Wildman–Crippen LogP) is 3.34. The van der Waals surface area contributed by atoms with Crippen molar-refractivity contribution in [2.75, 3.05) is 38.2 Å². The van der Waals surface area contributed by atoms with E-state index < -0.39 is 5.82 Å². The number of nitrogens with zero attached hydrogens (tertiary/aromatic N) is 2. The molecule has 0 spiro atoms. The summed E-state index contributed by atoms with van der Waals surface area (Å²) in [7, 11) is 1.41. The van der Waals surface area contributed by atoms with E-state index >= 15 is 0 Å². The van der Waals surface area contributed by atoms with E-state index in [1.165, 1.54) is 37.5 Å². The van der Waals surface area contributed by atoms with Crippen LogP contribution in [0.2, 0.25) is 0 Å². The van der Waals surface area contributed by atoms with Gasteiger partial charge in [-0.25, -0.2) is 8.78 Å². The number of amides is 1. The summed E-state index contributed by atoms with van der Waals surface area (Å²) in [6.45, 7) is 2.53. The summed E-state index contributed by atoms with van der Waals surface area (Å²) in [4.78, 5) is 16.2. The molecule has 0 aromatic heterocycles. The molecule has 0 unspecified atom stereocenters. The molecule has 1 saturated heterocycles.